The van der Waals surface area contributed by atoms with E-state index >= 15 is 0 Å². The van der Waals surface area contributed by atoms with E-state index in [1.54, 1.807) is 12.4 Å². The van der Waals surface area contributed by atoms with E-state index in [1.165, 1.54) is 11.1 Å². The summed E-state index contributed by atoms with van der Waals surface area (Å²) in [6.45, 7) is 4.18. The highest BCUT2D eigenvalue weighted by Crippen LogP contribution is 2.25. The second kappa shape index (κ2) is 5.73. The number of nitrogens with one attached hydrogen (secondary N) is 1. The molecule has 6 heteroatoms. The molecule has 0 amide bonds. The van der Waals surface area contributed by atoms with E-state index in [-0.39, 0.29) is 0 Å². The SMILES string of the molecule is Cc1ccc(-c2cc(-c3nc(-c4ccncc4)no3)[nH]n2)cc1C. The molecule has 0 atom stereocenters. The van der Waals surface area contributed by atoms with Gasteiger partial charge in [-0.2, -0.15) is 10.1 Å². The zero-order valence-corrected chi connectivity index (χ0v) is 13.3. The third-order valence-corrected chi connectivity index (χ3v) is 3.98. The number of aryl methyl sites for hydroxylation is 2. The number of aromatic nitrogens is 5. The number of rotatable bonds is 3. The number of hydrogen-bond acceptors (Lipinski definition) is 5. The van der Waals surface area contributed by atoms with Crippen molar-refractivity contribution in [2.75, 3.05) is 0 Å². The molecule has 0 aliphatic rings. The summed E-state index contributed by atoms with van der Waals surface area (Å²) in [5, 5.41) is 11.3. The van der Waals surface area contributed by atoms with Crippen LogP contribution in [0.25, 0.3) is 34.2 Å². The summed E-state index contributed by atoms with van der Waals surface area (Å²) in [4.78, 5) is 8.40. The normalized spacial score (nSPS) is 10.9. The van der Waals surface area contributed by atoms with Gasteiger partial charge in [0.2, 0.25) is 5.82 Å². The highest BCUT2D eigenvalue weighted by molar-refractivity contribution is 5.66. The van der Waals surface area contributed by atoms with Crippen LogP contribution in [-0.2, 0) is 0 Å². The monoisotopic (exact) mass is 317 g/mol. The standard InChI is InChI=1S/C18H15N5O/c1-11-3-4-14(9-12(11)2)15-10-16(22-21-15)18-20-17(23-24-18)13-5-7-19-8-6-13/h3-10H,1-2H3,(H,21,22). The van der Waals surface area contributed by atoms with Gasteiger partial charge in [-0.15, -0.1) is 0 Å². The lowest BCUT2D eigenvalue weighted by Crippen LogP contribution is -1.83. The Hall–Kier alpha value is -3.28. The number of nitrogens with zero attached hydrogens (tertiary/aromatic N) is 4. The predicted molar refractivity (Wildman–Crippen MR) is 90.0 cm³/mol. The highest BCUT2D eigenvalue weighted by atomic mass is 16.5. The molecule has 1 N–H and O–H groups in total. The summed E-state index contributed by atoms with van der Waals surface area (Å²) in [6, 6.07) is 11.8. The van der Waals surface area contributed by atoms with E-state index < -0.39 is 0 Å². The van der Waals surface area contributed by atoms with Crippen molar-refractivity contribution in [3.63, 3.8) is 0 Å². The Kier molecular flexibility index (Phi) is 3.42. The van der Waals surface area contributed by atoms with Crippen LogP contribution in [0.15, 0.2) is 53.3 Å². The van der Waals surface area contributed by atoms with Crippen molar-refractivity contribution < 1.29 is 4.52 Å². The van der Waals surface area contributed by atoms with Crippen LogP contribution in [0.3, 0.4) is 0 Å². The molecule has 24 heavy (non-hydrogen) atoms. The summed E-state index contributed by atoms with van der Waals surface area (Å²) < 4.78 is 5.34. The average Bonchev–Trinajstić information content (AvgIpc) is 3.27. The van der Waals surface area contributed by atoms with Gasteiger partial charge in [-0.3, -0.25) is 10.1 Å². The van der Waals surface area contributed by atoms with Crippen LogP contribution in [0.5, 0.6) is 0 Å². The molecule has 0 fully saturated rings. The number of aromatic amines is 1. The van der Waals surface area contributed by atoms with Gasteiger partial charge in [-0.25, -0.2) is 0 Å². The Morgan fingerprint density at radius 3 is 2.54 bits per heavy atom. The average molecular weight is 317 g/mol. The molecule has 0 unspecified atom stereocenters. The Bertz CT molecular complexity index is 988. The van der Waals surface area contributed by atoms with Crippen molar-refractivity contribution in [3.8, 4) is 34.2 Å². The first-order valence-corrected chi connectivity index (χ1v) is 7.58. The lowest BCUT2D eigenvalue weighted by molar-refractivity contribution is 0.431. The quantitative estimate of drug-likeness (QED) is 0.621. The van der Waals surface area contributed by atoms with Gasteiger partial charge in [-0.1, -0.05) is 17.3 Å². The van der Waals surface area contributed by atoms with Gasteiger partial charge in [-0.05, 0) is 49.2 Å². The number of pyridine rings is 1. The zero-order valence-electron chi connectivity index (χ0n) is 13.3. The van der Waals surface area contributed by atoms with Crippen molar-refractivity contribution in [2.24, 2.45) is 0 Å². The maximum absolute atomic E-state index is 5.34. The van der Waals surface area contributed by atoms with Crippen molar-refractivity contribution in [1.29, 1.82) is 0 Å². The Labute approximate surface area is 138 Å². The maximum Gasteiger partial charge on any atom is 0.276 e. The van der Waals surface area contributed by atoms with Crippen LogP contribution in [-0.4, -0.2) is 25.3 Å². The lowest BCUT2D eigenvalue weighted by Gasteiger charge is -2.01. The lowest BCUT2D eigenvalue weighted by atomic mass is 10.0. The summed E-state index contributed by atoms with van der Waals surface area (Å²) in [5.41, 5.74) is 5.93. The molecular formula is C18H15N5O. The molecule has 0 saturated heterocycles. The van der Waals surface area contributed by atoms with E-state index in [9.17, 15) is 0 Å². The molecule has 4 rings (SSSR count). The first kappa shape index (κ1) is 14.3. The van der Waals surface area contributed by atoms with Gasteiger partial charge in [0.15, 0.2) is 0 Å². The van der Waals surface area contributed by atoms with Crippen LogP contribution in [0, 0.1) is 13.8 Å². The summed E-state index contributed by atoms with van der Waals surface area (Å²) in [5.74, 6) is 0.930. The minimum Gasteiger partial charge on any atom is -0.332 e. The van der Waals surface area contributed by atoms with Gasteiger partial charge < -0.3 is 4.52 Å². The van der Waals surface area contributed by atoms with Crippen LogP contribution in [0.1, 0.15) is 11.1 Å². The highest BCUT2D eigenvalue weighted by Gasteiger charge is 2.14. The van der Waals surface area contributed by atoms with Crippen LogP contribution in [0.2, 0.25) is 0 Å². The van der Waals surface area contributed by atoms with Gasteiger partial charge in [0.05, 0.1) is 5.69 Å². The topological polar surface area (TPSA) is 80.5 Å². The molecule has 0 aliphatic heterocycles. The second-order valence-electron chi connectivity index (χ2n) is 5.62. The molecule has 118 valence electrons. The molecule has 0 radical (unpaired) electrons. The van der Waals surface area contributed by atoms with Crippen LogP contribution < -0.4 is 0 Å². The minimum absolute atomic E-state index is 0.407. The summed E-state index contributed by atoms with van der Waals surface area (Å²) in [6.07, 6.45) is 3.39. The number of benzene rings is 1. The Morgan fingerprint density at radius 2 is 1.75 bits per heavy atom. The van der Waals surface area contributed by atoms with Gasteiger partial charge in [0.1, 0.15) is 5.69 Å². The van der Waals surface area contributed by atoms with E-state index in [1.807, 2.05) is 18.2 Å². The van der Waals surface area contributed by atoms with Crippen LogP contribution >= 0.6 is 0 Å². The minimum atomic E-state index is 0.407. The molecule has 0 bridgehead atoms. The predicted octanol–water partition coefficient (Wildman–Crippen LogP) is 3.81. The van der Waals surface area contributed by atoms with E-state index in [0.29, 0.717) is 17.4 Å². The Morgan fingerprint density at radius 1 is 0.917 bits per heavy atom. The van der Waals surface area contributed by atoms with Crippen molar-refractivity contribution in [3.05, 3.63) is 59.9 Å². The zero-order chi connectivity index (χ0) is 16.5. The number of H-pyrrole nitrogens is 1. The van der Waals surface area contributed by atoms with Gasteiger partial charge >= 0.3 is 0 Å². The van der Waals surface area contributed by atoms with Crippen molar-refractivity contribution >= 4 is 0 Å². The number of hydrogen-bond donors (Lipinski definition) is 1. The largest absolute Gasteiger partial charge is 0.332 e. The maximum atomic E-state index is 5.34. The fraction of sp³-hybridized carbons (Fsp3) is 0.111. The molecule has 3 heterocycles. The molecule has 3 aromatic heterocycles. The van der Waals surface area contributed by atoms with E-state index in [4.69, 9.17) is 4.52 Å². The van der Waals surface area contributed by atoms with Crippen LogP contribution in [0.4, 0.5) is 0 Å². The van der Waals surface area contributed by atoms with Crippen molar-refractivity contribution in [1.82, 2.24) is 25.3 Å². The van der Waals surface area contributed by atoms with E-state index in [2.05, 4.69) is 57.4 Å². The smallest absolute Gasteiger partial charge is 0.276 e. The fourth-order valence-electron chi connectivity index (χ4n) is 2.43. The first-order valence-electron chi connectivity index (χ1n) is 7.58. The van der Waals surface area contributed by atoms with Crippen molar-refractivity contribution in [2.45, 2.75) is 13.8 Å². The first-order chi connectivity index (χ1) is 11.7. The molecule has 1 aromatic carbocycles. The third-order valence-electron chi connectivity index (χ3n) is 3.98. The molecule has 6 nitrogen and oxygen atoms in total. The molecule has 0 spiro atoms. The van der Waals surface area contributed by atoms with Gasteiger partial charge in [0.25, 0.3) is 5.89 Å². The Balaban J connectivity index is 1.66. The summed E-state index contributed by atoms with van der Waals surface area (Å²) >= 11 is 0. The van der Waals surface area contributed by atoms with Gasteiger partial charge in [0, 0.05) is 23.5 Å². The second-order valence-corrected chi connectivity index (χ2v) is 5.62. The molecule has 0 saturated carbocycles. The third kappa shape index (κ3) is 2.58. The molecular weight excluding hydrogens is 302 g/mol. The molecule has 0 aliphatic carbocycles. The van der Waals surface area contributed by atoms with E-state index in [0.717, 1.165) is 16.8 Å². The molecule has 4 aromatic rings. The fourth-order valence-corrected chi connectivity index (χ4v) is 2.43. The summed E-state index contributed by atoms with van der Waals surface area (Å²) in [7, 11) is 0.